The summed E-state index contributed by atoms with van der Waals surface area (Å²) in [6.45, 7) is 4.25. The van der Waals surface area contributed by atoms with E-state index in [9.17, 15) is 9.59 Å². The first-order valence-electron chi connectivity index (χ1n) is 11.4. The maximum absolute atomic E-state index is 11.9. The normalized spacial score (nSPS) is 21.5. The highest BCUT2D eigenvalue weighted by molar-refractivity contribution is 8.00. The minimum Gasteiger partial charge on any atom is -0.379 e. The molecule has 32 heavy (non-hydrogen) atoms. The molecule has 11 nitrogen and oxygen atoms in total. The molecule has 0 saturated carbocycles. The summed E-state index contributed by atoms with van der Waals surface area (Å²) in [5.74, 6) is 1.05. The first-order chi connectivity index (χ1) is 15.7. The van der Waals surface area contributed by atoms with Crippen LogP contribution in [0.5, 0.6) is 0 Å². The summed E-state index contributed by atoms with van der Waals surface area (Å²) in [7, 11) is 0. The highest BCUT2D eigenvalue weighted by Crippen LogP contribution is 2.33. The van der Waals surface area contributed by atoms with Crippen molar-refractivity contribution in [3.63, 3.8) is 0 Å². The van der Waals surface area contributed by atoms with Gasteiger partial charge < -0.3 is 30.2 Å². The number of unbranched alkanes of at least 4 members (excludes halogenated alkanes) is 1. The Kier molecular flexibility index (Phi) is 14.0. The van der Waals surface area contributed by atoms with Gasteiger partial charge >= 0.3 is 6.03 Å². The number of amides is 3. The van der Waals surface area contributed by atoms with Crippen molar-refractivity contribution in [2.45, 2.75) is 55.9 Å². The Hall–Kier alpha value is -1.72. The molecule has 3 amide bonds. The second-order valence-electron chi connectivity index (χ2n) is 7.72. The molecular weight excluding hydrogens is 436 g/mol. The van der Waals surface area contributed by atoms with E-state index in [4.69, 9.17) is 19.7 Å². The topological polar surface area (TPSA) is 147 Å². The third-order valence-corrected chi connectivity index (χ3v) is 6.73. The Morgan fingerprint density at radius 2 is 1.78 bits per heavy atom. The smallest absolute Gasteiger partial charge is 0.315 e. The number of ether oxygens (including phenoxy) is 3. The number of hydrogen-bond acceptors (Lipinski definition) is 7. The molecule has 2 aliphatic heterocycles. The van der Waals surface area contributed by atoms with Crippen molar-refractivity contribution in [1.29, 1.82) is 0 Å². The lowest BCUT2D eigenvalue weighted by atomic mass is 10.0. The fraction of sp³-hybridized carbons (Fsp3) is 0.900. The Balaban J connectivity index is 1.29. The van der Waals surface area contributed by atoms with Crippen LogP contribution >= 0.6 is 11.8 Å². The van der Waals surface area contributed by atoms with Crippen molar-refractivity contribution < 1.29 is 23.8 Å². The third kappa shape index (κ3) is 11.2. The Morgan fingerprint density at radius 3 is 2.53 bits per heavy atom. The maximum Gasteiger partial charge on any atom is 0.315 e. The van der Waals surface area contributed by atoms with Crippen molar-refractivity contribution in [2.75, 3.05) is 58.5 Å². The lowest BCUT2D eigenvalue weighted by Gasteiger charge is -2.16. The van der Waals surface area contributed by atoms with Gasteiger partial charge in [-0.2, -0.15) is 11.8 Å². The lowest BCUT2D eigenvalue weighted by Crippen LogP contribution is -2.36. The molecule has 182 valence electrons. The van der Waals surface area contributed by atoms with E-state index in [0.29, 0.717) is 70.8 Å². The fourth-order valence-electron chi connectivity index (χ4n) is 3.59. The van der Waals surface area contributed by atoms with E-state index in [-0.39, 0.29) is 24.0 Å². The second kappa shape index (κ2) is 16.8. The fourth-order valence-corrected chi connectivity index (χ4v) is 5.13. The van der Waals surface area contributed by atoms with E-state index in [1.807, 2.05) is 11.8 Å². The van der Waals surface area contributed by atoms with Crippen molar-refractivity contribution >= 4 is 23.7 Å². The predicted octanol–water partition coefficient (Wildman–Crippen LogP) is 1.97. The molecule has 2 fully saturated rings. The minimum atomic E-state index is -0.0533. The summed E-state index contributed by atoms with van der Waals surface area (Å²) in [6, 6.07) is 0.444. The number of carbonyl (C=O) groups excluding carboxylic acids is 2. The van der Waals surface area contributed by atoms with Gasteiger partial charge in [-0.3, -0.25) is 4.79 Å². The van der Waals surface area contributed by atoms with Gasteiger partial charge in [0.1, 0.15) is 0 Å². The molecule has 3 N–H and O–H groups in total. The number of carbonyl (C=O) groups is 2. The predicted molar refractivity (Wildman–Crippen MR) is 123 cm³/mol. The van der Waals surface area contributed by atoms with Crippen LogP contribution in [0.3, 0.4) is 0 Å². The van der Waals surface area contributed by atoms with Gasteiger partial charge in [0.2, 0.25) is 5.91 Å². The van der Waals surface area contributed by atoms with Crippen molar-refractivity contribution in [3.8, 4) is 0 Å². The molecule has 0 radical (unpaired) electrons. The summed E-state index contributed by atoms with van der Waals surface area (Å²) >= 11 is 1.91. The van der Waals surface area contributed by atoms with Crippen LogP contribution in [0, 0.1) is 0 Å². The van der Waals surface area contributed by atoms with E-state index in [2.05, 4.69) is 26.0 Å². The Morgan fingerprint density at radius 1 is 1.06 bits per heavy atom. The molecule has 2 rings (SSSR count). The largest absolute Gasteiger partial charge is 0.379 e. The highest BCUT2D eigenvalue weighted by Gasteiger charge is 2.42. The molecule has 0 aliphatic carbocycles. The SMILES string of the molecule is [N-]=[N+]=NCCCOCCOCCOCCCNC(=O)CCCC[C@@H]1SC[C@@H]2NC(=O)N[C@@H]21. The molecule has 2 saturated heterocycles. The monoisotopic (exact) mass is 472 g/mol. The number of thioether (sulfide) groups is 1. The highest BCUT2D eigenvalue weighted by atomic mass is 32.2. The summed E-state index contributed by atoms with van der Waals surface area (Å²) in [5.41, 5.74) is 8.14. The van der Waals surface area contributed by atoms with Crippen LogP contribution in [-0.2, 0) is 19.0 Å². The number of hydrogen-bond donors (Lipinski definition) is 3. The molecule has 12 heteroatoms. The zero-order valence-corrected chi connectivity index (χ0v) is 19.4. The average molecular weight is 473 g/mol. The van der Waals surface area contributed by atoms with Gasteiger partial charge in [-0.05, 0) is 31.2 Å². The molecule has 2 heterocycles. The Labute approximate surface area is 193 Å². The molecule has 3 atom stereocenters. The van der Waals surface area contributed by atoms with Gasteiger partial charge in [-0.15, -0.1) is 0 Å². The van der Waals surface area contributed by atoms with Crippen LogP contribution in [0.25, 0.3) is 10.4 Å². The third-order valence-electron chi connectivity index (χ3n) is 5.22. The number of azide groups is 1. The number of fused-ring (bicyclic) bond motifs is 1. The molecule has 0 aromatic rings. The Bertz CT molecular complexity index is 607. The van der Waals surface area contributed by atoms with E-state index >= 15 is 0 Å². The number of nitrogens with one attached hydrogen (secondary N) is 3. The van der Waals surface area contributed by atoms with Gasteiger partial charge in [-0.1, -0.05) is 11.5 Å². The molecule has 0 aromatic carbocycles. The maximum atomic E-state index is 11.9. The van der Waals surface area contributed by atoms with Gasteiger partial charge in [0.25, 0.3) is 0 Å². The zero-order valence-electron chi connectivity index (χ0n) is 18.6. The van der Waals surface area contributed by atoms with Gasteiger partial charge in [0.05, 0.1) is 38.5 Å². The van der Waals surface area contributed by atoms with Crippen molar-refractivity contribution in [3.05, 3.63) is 10.4 Å². The first kappa shape index (κ1) is 26.5. The van der Waals surface area contributed by atoms with Crippen molar-refractivity contribution in [1.82, 2.24) is 16.0 Å². The lowest BCUT2D eigenvalue weighted by molar-refractivity contribution is -0.121. The quantitative estimate of drug-likeness (QED) is 0.0861. The summed E-state index contributed by atoms with van der Waals surface area (Å²) < 4.78 is 16.2. The van der Waals surface area contributed by atoms with Crippen LogP contribution in [0.2, 0.25) is 0 Å². The van der Waals surface area contributed by atoms with Crippen LogP contribution in [0.1, 0.15) is 38.5 Å². The van der Waals surface area contributed by atoms with Gasteiger partial charge in [0, 0.05) is 48.6 Å². The number of nitrogens with zero attached hydrogens (tertiary/aromatic N) is 3. The minimum absolute atomic E-state index is 0.0533. The second-order valence-corrected chi connectivity index (χ2v) is 8.99. The van der Waals surface area contributed by atoms with E-state index < -0.39 is 0 Å². The average Bonchev–Trinajstić information content (AvgIpc) is 3.33. The van der Waals surface area contributed by atoms with Gasteiger partial charge in [0.15, 0.2) is 0 Å². The molecule has 0 unspecified atom stereocenters. The van der Waals surface area contributed by atoms with E-state index in [0.717, 1.165) is 31.4 Å². The summed E-state index contributed by atoms with van der Waals surface area (Å²) in [5, 5.41) is 12.8. The van der Waals surface area contributed by atoms with Crippen LogP contribution in [-0.4, -0.2) is 87.8 Å². The van der Waals surface area contributed by atoms with E-state index in [1.54, 1.807) is 0 Å². The number of rotatable bonds is 19. The number of urea groups is 1. The molecule has 0 bridgehead atoms. The molecular formula is C20H36N6O5S. The standard InChI is InChI=1S/C20H36N6O5S/c21-26-23-8-4-10-30-12-14-31-13-11-29-9-3-7-22-18(27)6-2-1-5-17-19-16(15-32-17)24-20(28)25-19/h16-17,19H,1-15H2,(H,22,27)(H2,24,25,28)/t16-,17-,19-/m0/s1. The molecule has 0 aromatic heterocycles. The zero-order chi connectivity index (χ0) is 22.9. The van der Waals surface area contributed by atoms with Crippen LogP contribution in [0.15, 0.2) is 5.11 Å². The van der Waals surface area contributed by atoms with Crippen molar-refractivity contribution in [2.24, 2.45) is 5.11 Å². The molecule has 2 aliphatic rings. The summed E-state index contributed by atoms with van der Waals surface area (Å²) in [4.78, 5) is 26.0. The first-order valence-corrected chi connectivity index (χ1v) is 12.4. The van der Waals surface area contributed by atoms with Crippen LogP contribution < -0.4 is 16.0 Å². The van der Waals surface area contributed by atoms with E-state index in [1.165, 1.54) is 0 Å². The van der Waals surface area contributed by atoms with Gasteiger partial charge in [-0.25, -0.2) is 4.79 Å². The van der Waals surface area contributed by atoms with Crippen LogP contribution in [0.4, 0.5) is 4.79 Å². The molecule has 0 spiro atoms. The summed E-state index contributed by atoms with van der Waals surface area (Å²) in [6.07, 6.45) is 4.91.